The number of aryl methyl sites for hydroxylation is 1. The fourth-order valence-corrected chi connectivity index (χ4v) is 1.54. The number of fused-ring (bicyclic) bond motifs is 1. The fourth-order valence-electron chi connectivity index (χ4n) is 1.54. The summed E-state index contributed by atoms with van der Waals surface area (Å²) in [5.41, 5.74) is 2.49. The summed E-state index contributed by atoms with van der Waals surface area (Å²) in [6.07, 6.45) is 4.43. The molecule has 0 spiro atoms. The average molecular weight is 204 g/mol. The summed E-state index contributed by atoms with van der Waals surface area (Å²) in [4.78, 5) is 11.5. The maximum atomic E-state index is 11.5. The summed E-state index contributed by atoms with van der Waals surface area (Å²) >= 11 is 0. The van der Waals surface area contributed by atoms with Crippen molar-refractivity contribution in [3.8, 4) is 0 Å². The minimum absolute atomic E-state index is 0.330. The van der Waals surface area contributed by atoms with E-state index >= 15 is 0 Å². The fraction of sp³-hybridized carbons (Fsp3) is 0.273. The van der Waals surface area contributed by atoms with Gasteiger partial charge in [0.1, 0.15) is 0 Å². The molecule has 0 amide bonds. The molecule has 2 rings (SSSR count). The molecule has 2 aromatic rings. The standard InChI is InChI=1S/C11H12N2O2/c1-3-8-6-10-9(11(14)15-2)4-5-12-13(10)7-8/h4-7H,3H2,1-2H3. The van der Waals surface area contributed by atoms with Gasteiger partial charge in [-0.3, -0.25) is 0 Å². The van der Waals surface area contributed by atoms with E-state index in [0.29, 0.717) is 5.56 Å². The van der Waals surface area contributed by atoms with E-state index in [-0.39, 0.29) is 5.97 Å². The minimum atomic E-state index is -0.330. The van der Waals surface area contributed by atoms with Gasteiger partial charge in [-0.1, -0.05) is 6.92 Å². The van der Waals surface area contributed by atoms with Crippen LogP contribution >= 0.6 is 0 Å². The van der Waals surface area contributed by atoms with E-state index in [9.17, 15) is 4.79 Å². The minimum Gasteiger partial charge on any atom is -0.465 e. The highest BCUT2D eigenvalue weighted by atomic mass is 16.5. The summed E-state index contributed by atoms with van der Waals surface area (Å²) < 4.78 is 6.41. The molecule has 78 valence electrons. The molecule has 0 atom stereocenters. The second-order valence-corrected chi connectivity index (χ2v) is 3.27. The van der Waals surface area contributed by atoms with Gasteiger partial charge < -0.3 is 4.74 Å². The van der Waals surface area contributed by atoms with E-state index in [0.717, 1.165) is 17.5 Å². The first-order valence-electron chi connectivity index (χ1n) is 4.81. The third-order valence-corrected chi connectivity index (χ3v) is 2.38. The number of hydrogen-bond donors (Lipinski definition) is 0. The molecule has 4 heteroatoms. The molecule has 15 heavy (non-hydrogen) atoms. The molecule has 2 heterocycles. The van der Waals surface area contributed by atoms with Crippen molar-refractivity contribution in [2.75, 3.05) is 7.11 Å². The van der Waals surface area contributed by atoms with Crippen LogP contribution in [0.4, 0.5) is 0 Å². The SMILES string of the molecule is CCc1cc2c(C(=O)OC)ccnn2c1. The molecule has 0 fully saturated rings. The van der Waals surface area contributed by atoms with E-state index in [1.807, 2.05) is 12.3 Å². The van der Waals surface area contributed by atoms with Gasteiger partial charge in [0.15, 0.2) is 0 Å². The first-order valence-corrected chi connectivity index (χ1v) is 4.81. The van der Waals surface area contributed by atoms with Crippen LogP contribution in [0, 0.1) is 0 Å². The van der Waals surface area contributed by atoms with Crippen molar-refractivity contribution in [3.05, 3.63) is 35.7 Å². The largest absolute Gasteiger partial charge is 0.465 e. The Morgan fingerprint density at radius 3 is 3.07 bits per heavy atom. The number of hydrogen-bond acceptors (Lipinski definition) is 3. The molecule has 0 radical (unpaired) electrons. The molecule has 4 nitrogen and oxygen atoms in total. The second kappa shape index (κ2) is 3.73. The Kier molecular flexibility index (Phi) is 2.41. The summed E-state index contributed by atoms with van der Waals surface area (Å²) in [5, 5.41) is 4.14. The Bertz CT molecular complexity index is 502. The topological polar surface area (TPSA) is 43.6 Å². The first kappa shape index (κ1) is 9.71. The van der Waals surface area contributed by atoms with E-state index < -0.39 is 0 Å². The number of methoxy groups -OCH3 is 1. The van der Waals surface area contributed by atoms with Crippen molar-refractivity contribution < 1.29 is 9.53 Å². The normalized spacial score (nSPS) is 10.5. The lowest BCUT2D eigenvalue weighted by atomic mass is 10.2. The molecule has 0 aliphatic rings. The Balaban J connectivity index is 2.64. The van der Waals surface area contributed by atoms with Gasteiger partial charge >= 0.3 is 5.97 Å². The predicted octanol–water partition coefficient (Wildman–Crippen LogP) is 1.68. The highest BCUT2D eigenvalue weighted by molar-refractivity contribution is 5.96. The summed E-state index contributed by atoms with van der Waals surface area (Å²) in [5.74, 6) is -0.330. The molecule has 0 aliphatic heterocycles. The monoisotopic (exact) mass is 204 g/mol. The van der Waals surface area contributed by atoms with Crippen LogP contribution in [0.5, 0.6) is 0 Å². The van der Waals surface area contributed by atoms with Crippen LogP contribution in [-0.4, -0.2) is 22.7 Å². The van der Waals surface area contributed by atoms with Gasteiger partial charge in [-0.2, -0.15) is 5.10 Å². The molecular weight excluding hydrogens is 192 g/mol. The molecule has 2 aromatic heterocycles. The molecular formula is C11H12N2O2. The highest BCUT2D eigenvalue weighted by Gasteiger charge is 2.11. The maximum Gasteiger partial charge on any atom is 0.340 e. The summed E-state index contributed by atoms with van der Waals surface area (Å²) in [7, 11) is 1.38. The smallest absolute Gasteiger partial charge is 0.340 e. The number of esters is 1. The number of rotatable bonds is 2. The molecule has 0 bridgehead atoms. The van der Waals surface area contributed by atoms with E-state index in [2.05, 4.69) is 12.0 Å². The zero-order valence-corrected chi connectivity index (χ0v) is 8.73. The van der Waals surface area contributed by atoms with Crippen LogP contribution in [0.2, 0.25) is 0 Å². The van der Waals surface area contributed by atoms with Crippen molar-refractivity contribution in [2.24, 2.45) is 0 Å². The third kappa shape index (κ3) is 1.58. The zero-order chi connectivity index (χ0) is 10.8. The van der Waals surface area contributed by atoms with Crippen molar-refractivity contribution in [2.45, 2.75) is 13.3 Å². The lowest BCUT2D eigenvalue weighted by Gasteiger charge is -2.00. The van der Waals surface area contributed by atoms with E-state index in [4.69, 9.17) is 4.74 Å². The number of ether oxygens (including phenoxy) is 1. The van der Waals surface area contributed by atoms with Crippen molar-refractivity contribution in [1.29, 1.82) is 0 Å². The zero-order valence-electron chi connectivity index (χ0n) is 8.73. The second-order valence-electron chi connectivity index (χ2n) is 3.27. The van der Waals surface area contributed by atoms with Gasteiger partial charge in [-0.15, -0.1) is 0 Å². The molecule has 0 aliphatic carbocycles. The van der Waals surface area contributed by atoms with Crippen molar-refractivity contribution >= 4 is 11.5 Å². The van der Waals surface area contributed by atoms with Gasteiger partial charge in [-0.05, 0) is 24.1 Å². The predicted molar refractivity (Wildman–Crippen MR) is 55.9 cm³/mol. The molecule has 0 aromatic carbocycles. The average Bonchev–Trinajstić information content (AvgIpc) is 2.70. The molecule has 0 saturated heterocycles. The Morgan fingerprint density at radius 2 is 2.40 bits per heavy atom. The van der Waals surface area contributed by atoms with Crippen molar-refractivity contribution in [1.82, 2.24) is 9.61 Å². The van der Waals surface area contributed by atoms with Crippen LogP contribution in [0.3, 0.4) is 0 Å². The van der Waals surface area contributed by atoms with Crippen LogP contribution in [0.1, 0.15) is 22.8 Å². The van der Waals surface area contributed by atoms with Gasteiger partial charge in [-0.25, -0.2) is 9.31 Å². The van der Waals surface area contributed by atoms with Gasteiger partial charge in [0, 0.05) is 12.4 Å². The molecule has 0 saturated carbocycles. The van der Waals surface area contributed by atoms with Gasteiger partial charge in [0.25, 0.3) is 0 Å². The highest BCUT2D eigenvalue weighted by Crippen LogP contribution is 2.14. The van der Waals surface area contributed by atoms with Crippen LogP contribution in [-0.2, 0) is 11.2 Å². The first-order chi connectivity index (χ1) is 7.26. The lowest BCUT2D eigenvalue weighted by molar-refractivity contribution is 0.0602. The van der Waals surface area contributed by atoms with Gasteiger partial charge in [0.2, 0.25) is 0 Å². The molecule has 0 unspecified atom stereocenters. The van der Waals surface area contributed by atoms with E-state index in [1.54, 1.807) is 16.8 Å². The lowest BCUT2D eigenvalue weighted by Crippen LogP contribution is -2.04. The number of carbonyl (C=O) groups excluding carboxylic acids is 1. The maximum absolute atomic E-state index is 11.5. The Hall–Kier alpha value is -1.84. The third-order valence-electron chi connectivity index (χ3n) is 2.38. The number of nitrogens with zero attached hydrogens (tertiary/aromatic N) is 2. The number of aromatic nitrogens is 2. The summed E-state index contributed by atoms with van der Waals surface area (Å²) in [6.45, 7) is 2.06. The van der Waals surface area contributed by atoms with Crippen molar-refractivity contribution in [3.63, 3.8) is 0 Å². The quantitative estimate of drug-likeness (QED) is 0.699. The number of carbonyl (C=O) groups is 1. The van der Waals surface area contributed by atoms with E-state index in [1.165, 1.54) is 7.11 Å². The Labute approximate surface area is 87.5 Å². The van der Waals surface area contributed by atoms with Crippen LogP contribution in [0.15, 0.2) is 24.5 Å². The molecule has 0 N–H and O–H groups in total. The Morgan fingerprint density at radius 1 is 1.60 bits per heavy atom. The summed E-state index contributed by atoms with van der Waals surface area (Å²) in [6, 6.07) is 3.62. The van der Waals surface area contributed by atoms with Crippen LogP contribution in [0.25, 0.3) is 5.52 Å². The van der Waals surface area contributed by atoms with Gasteiger partial charge in [0.05, 0.1) is 18.2 Å². The van der Waals surface area contributed by atoms with Crippen LogP contribution < -0.4 is 0 Å².